The fourth-order valence-corrected chi connectivity index (χ4v) is 4.44. The Balaban J connectivity index is 1.29. The summed E-state index contributed by atoms with van der Waals surface area (Å²) in [6.07, 6.45) is 4.29. The van der Waals surface area contributed by atoms with E-state index < -0.39 is 11.8 Å². The van der Waals surface area contributed by atoms with Gasteiger partial charge in [0, 0.05) is 49.5 Å². The molecule has 33 heavy (non-hydrogen) atoms. The van der Waals surface area contributed by atoms with Crippen LogP contribution in [0.4, 0.5) is 20.6 Å². The molecule has 0 aromatic heterocycles. The Morgan fingerprint density at radius 2 is 1.85 bits per heavy atom. The first-order chi connectivity index (χ1) is 16.0. The number of rotatable bonds is 5. The molecule has 2 heterocycles. The van der Waals surface area contributed by atoms with Crippen molar-refractivity contribution in [2.75, 3.05) is 36.4 Å². The van der Waals surface area contributed by atoms with E-state index in [1.807, 2.05) is 17.0 Å². The number of anilines is 2. The second kappa shape index (κ2) is 10.5. The maximum Gasteiger partial charge on any atom is 0.319 e. The Morgan fingerprint density at radius 1 is 1.03 bits per heavy atom. The molecule has 2 aromatic carbocycles. The quantitative estimate of drug-likeness (QED) is 0.719. The molecule has 7 nitrogen and oxygen atoms in total. The lowest BCUT2D eigenvalue weighted by atomic mass is 9.97. The van der Waals surface area contributed by atoms with Crippen molar-refractivity contribution in [3.63, 3.8) is 0 Å². The van der Waals surface area contributed by atoms with Crippen LogP contribution in [0.15, 0.2) is 48.5 Å². The van der Waals surface area contributed by atoms with Crippen LogP contribution in [-0.4, -0.2) is 48.9 Å². The molecule has 174 valence electrons. The van der Waals surface area contributed by atoms with Gasteiger partial charge in [-0.1, -0.05) is 6.07 Å². The van der Waals surface area contributed by atoms with Gasteiger partial charge in [0.15, 0.2) is 0 Å². The van der Waals surface area contributed by atoms with Crippen LogP contribution in [0.3, 0.4) is 0 Å². The Kier molecular flexibility index (Phi) is 7.22. The van der Waals surface area contributed by atoms with Crippen LogP contribution in [0.2, 0.25) is 0 Å². The molecule has 8 heteroatoms. The fourth-order valence-electron chi connectivity index (χ4n) is 4.44. The summed E-state index contributed by atoms with van der Waals surface area (Å²) < 4.78 is 13.3. The lowest BCUT2D eigenvalue weighted by molar-refractivity contribution is -0.119. The molecule has 0 radical (unpaired) electrons. The molecule has 2 aliphatic heterocycles. The third-order valence-electron chi connectivity index (χ3n) is 6.19. The summed E-state index contributed by atoms with van der Waals surface area (Å²) in [4.78, 5) is 40.9. The normalized spacial score (nSPS) is 18.7. The molecule has 2 fully saturated rings. The van der Waals surface area contributed by atoms with E-state index in [2.05, 4.69) is 10.6 Å². The van der Waals surface area contributed by atoms with Gasteiger partial charge in [0.25, 0.3) is 5.91 Å². The number of likely N-dealkylation sites (tertiary alicyclic amines) is 1. The van der Waals surface area contributed by atoms with Crippen molar-refractivity contribution in [1.29, 1.82) is 0 Å². The SMILES string of the molecule is O=C(NCC1CCCN(C(=O)c2ccc(N3CCCCC3=O)cc2)C1)Nc1cccc(F)c1. The molecule has 0 saturated carbocycles. The first-order valence-electron chi connectivity index (χ1n) is 11.5. The average Bonchev–Trinajstić information content (AvgIpc) is 2.83. The first-order valence-corrected chi connectivity index (χ1v) is 11.5. The number of nitrogens with one attached hydrogen (secondary N) is 2. The van der Waals surface area contributed by atoms with Crippen LogP contribution in [0.25, 0.3) is 0 Å². The Morgan fingerprint density at radius 3 is 2.61 bits per heavy atom. The number of amides is 4. The van der Waals surface area contributed by atoms with E-state index in [1.165, 1.54) is 18.2 Å². The summed E-state index contributed by atoms with van der Waals surface area (Å²) in [5, 5.41) is 5.44. The smallest absolute Gasteiger partial charge is 0.319 e. The molecule has 1 unspecified atom stereocenters. The minimum Gasteiger partial charge on any atom is -0.338 e. The van der Waals surface area contributed by atoms with E-state index in [9.17, 15) is 18.8 Å². The summed E-state index contributed by atoms with van der Waals surface area (Å²) in [5.74, 6) is -0.176. The second-order valence-corrected chi connectivity index (χ2v) is 8.65. The van der Waals surface area contributed by atoms with E-state index in [4.69, 9.17) is 0 Å². The van der Waals surface area contributed by atoms with E-state index in [-0.39, 0.29) is 17.7 Å². The van der Waals surface area contributed by atoms with Crippen molar-refractivity contribution in [2.24, 2.45) is 5.92 Å². The molecule has 2 aromatic rings. The van der Waals surface area contributed by atoms with Gasteiger partial charge in [0.05, 0.1) is 0 Å². The molecule has 2 N–H and O–H groups in total. The zero-order valence-corrected chi connectivity index (χ0v) is 18.6. The maximum atomic E-state index is 13.3. The molecule has 4 rings (SSSR count). The van der Waals surface area contributed by atoms with Gasteiger partial charge in [-0.05, 0) is 74.1 Å². The minimum atomic E-state index is -0.412. The van der Waals surface area contributed by atoms with E-state index >= 15 is 0 Å². The van der Waals surface area contributed by atoms with Gasteiger partial charge in [-0.15, -0.1) is 0 Å². The Bertz CT molecular complexity index is 1010. The van der Waals surface area contributed by atoms with Gasteiger partial charge >= 0.3 is 6.03 Å². The molecule has 2 aliphatic rings. The number of piperidine rings is 2. The van der Waals surface area contributed by atoms with E-state index in [0.717, 1.165) is 37.9 Å². The fraction of sp³-hybridized carbons (Fsp3) is 0.400. The zero-order valence-electron chi connectivity index (χ0n) is 18.6. The lowest BCUT2D eigenvalue weighted by Gasteiger charge is -2.33. The largest absolute Gasteiger partial charge is 0.338 e. The van der Waals surface area contributed by atoms with Crippen LogP contribution in [0.1, 0.15) is 42.5 Å². The van der Waals surface area contributed by atoms with Crippen LogP contribution < -0.4 is 15.5 Å². The highest BCUT2D eigenvalue weighted by Crippen LogP contribution is 2.23. The number of nitrogens with zero attached hydrogens (tertiary/aromatic N) is 2. The number of urea groups is 1. The summed E-state index contributed by atoms with van der Waals surface area (Å²) >= 11 is 0. The number of carbonyl (C=O) groups excluding carboxylic acids is 3. The van der Waals surface area contributed by atoms with E-state index in [0.29, 0.717) is 37.3 Å². The molecule has 2 saturated heterocycles. The van der Waals surface area contributed by atoms with Crippen LogP contribution in [0.5, 0.6) is 0 Å². The molecular formula is C25H29FN4O3. The number of hydrogen-bond acceptors (Lipinski definition) is 3. The number of carbonyl (C=O) groups is 3. The van der Waals surface area contributed by atoms with Crippen molar-refractivity contribution in [2.45, 2.75) is 32.1 Å². The maximum absolute atomic E-state index is 13.3. The number of hydrogen-bond donors (Lipinski definition) is 2. The van der Waals surface area contributed by atoms with E-state index in [1.54, 1.807) is 23.1 Å². The predicted octanol–water partition coefficient (Wildman–Crippen LogP) is 4.02. The highest BCUT2D eigenvalue weighted by Gasteiger charge is 2.25. The van der Waals surface area contributed by atoms with Gasteiger partial charge in [0.1, 0.15) is 5.82 Å². The van der Waals surface area contributed by atoms with Gasteiger partial charge in [-0.2, -0.15) is 0 Å². The van der Waals surface area contributed by atoms with Gasteiger partial charge in [-0.3, -0.25) is 9.59 Å². The number of benzene rings is 2. The predicted molar refractivity (Wildman–Crippen MR) is 125 cm³/mol. The van der Waals surface area contributed by atoms with Crippen LogP contribution in [-0.2, 0) is 4.79 Å². The zero-order chi connectivity index (χ0) is 23.2. The highest BCUT2D eigenvalue weighted by molar-refractivity contribution is 5.97. The summed E-state index contributed by atoms with van der Waals surface area (Å²) in [5.41, 5.74) is 1.82. The molecule has 4 amide bonds. The topological polar surface area (TPSA) is 81.8 Å². The van der Waals surface area contributed by atoms with Gasteiger partial charge < -0.3 is 20.4 Å². The third-order valence-corrected chi connectivity index (χ3v) is 6.19. The summed E-state index contributed by atoms with van der Waals surface area (Å²) in [6, 6.07) is 12.6. The molecule has 0 aliphatic carbocycles. The van der Waals surface area contributed by atoms with Gasteiger partial charge in [-0.25, -0.2) is 9.18 Å². The molecular weight excluding hydrogens is 423 g/mol. The average molecular weight is 453 g/mol. The molecule has 0 bridgehead atoms. The lowest BCUT2D eigenvalue weighted by Crippen LogP contribution is -2.44. The second-order valence-electron chi connectivity index (χ2n) is 8.65. The van der Waals surface area contributed by atoms with Crippen molar-refractivity contribution >= 4 is 29.2 Å². The van der Waals surface area contributed by atoms with Crippen LogP contribution in [0, 0.1) is 11.7 Å². The molecule has 1 atom stereocenters. The summed E-state index contributed by atoms with van der Waals surface area (Å²) in [6.45, 7) is 2.39. The van der Waals surface area contributed by atoms with Crippen LogP contribution >= 0.6 is 0 Å². The minimum absolute atomic E-state index is 0.0413. The van der Waals surface area contributed by atoms with Crippen molar-refractivity contribution < 1.29 is 18.8 Å². The highest BCUT2D eigenvalue weighted by atomic mass is 19.1. The van der Waals surface area contributed by atoms with Crippen molar-refractivity contribution in [3.05, 3.63) is 59.9 Å². The Labute approximate surface area is 192 Å². The van der Waals surface area contributed by atoms with Crippen molar-refractivity contribution in [3.8, 4) is 0 Å². The summed E-state index contributed by atoms with van der Waals surface area (Å²) in [7, 11) is 0. The standard InChI is InChI=1S/C25H29FN4O3/c26-20-6-3-7-21(15-20)28-25(33)27-16-18-5-4-13-29(17-18)24(32)19-9-11-22(12-10-19)30-14-2-1-8-23(30)31/h3,6-7,9-12,15,18H,1-2,4-5,8,13-14,16-17H2,(H2,27,28,33). The monoisotopic (exact) mass is 452 g/mol. The molecule has 0 spiro atoms. The third kappa shape index (κ3) is 5.88. The first kappa shape index (κ1) is 22.8. The van der Waals surface area contributed by atoms with Gasteiger partial charge in [0.2, 0.25) is 5.91 Å². The Hall–Kier alpha value is -3.42. The number of halogens is 1. The van der Waals surface area contributed by atoms with Crippen molar-refractivity contribution in [1.82, 2.24) is 10.2 Å².